The molecule has 0 saturated carbocycles. The molecule has 1 aromatic rings. The molecule has 1 aromatic carbocycles. The topological polar surface area (TPSA) is 52.6 Å². The maximum absolute atomic E-state index is 12.0. The maximum atomic E-state index is 12.0. The summed E-state index contributed by atoms with van der Waals surface area (Å²) in [6, 6.07) is 8.49. The molecule has 0 aromatic heterocycles. The zero-order valence-corrected chi connectivity index (χ0v) is 9.57. The van der Waals surface area contributed by atoms with Gasteiger partial charge in [0.05, 0.1) is 11.8 Å². The van der Waals surface area contributed by atoms with Gasteiger partial charge >= 0.3 is 0 Å². The Labute approximate surface area is 98.9 Å². The highest BCUT2D eigenvalue weighted by atomic mass is 32.1. The van der Waals surface area contributed by atoms with E-state index in [4.69, 9.17) is 12.2 Å². The van der Waals surface area contributed by atoms with Gasteiger partial charge in [-0.25, -0.2) is 0 Å². The first-order valence-electron chi connectivity index (χ1n) is 4.99. The van der Waals surface area contributed by atoms with Gasteiger partial charge in [-0.2, -0.15) is 0 Å². The number of hydrogen-bond donors (Lipinski definition) is 2. The summed E-state index contributed by atoms with van der Waals surface area (Å²) in [7, 11) is 0. The Morgan fingerprint density at radius 3 is 2.56 bits per heavy atom. The number of carbonyl (C=O) groups excluding carboxylic acids is 1. The molecule has 2 rings (SSSR count). The molecule has 4 nitrogen and oxygen atoms in total. The Hall–Kier alpha value is -1.46. The highest BCUT2D eigenvalue weighted by molar-refractivity contribution is 7.80. The van der Waals surface area contributed by atoms with Crippen molar-refractivity contribution < 1.29 is 9.90 Å². The van der Waals surface area contributed by atoms with Gasteiger partial charge in [-0.1, -0.05) is 18.2 Å². The third kappa shape index (κ3) is 1.79. The summed E-state index contributed by atoms with van der Waals surface area (Å²) in [6.07, 6.45) is -0.765. The predicted octanol–water partition coefficient (Wildman–Crippen LogP) is 0.657. The number of thiocarbonyl (C=S) groups is 1. The number of nitrogens with zero attached hydrogens (tertiary/aromatic N) is 1. The van der Waals surface area contributed by atoms with E-state index in [1.807, 2.05) is 18.2 Å². The second-order valence-corrected chi connectivity index (χ2v) is 4.06. The van der Waals surface area contributed by atoms with Gasteiger partial charge < -0.3 is 10.4 Å². The lowest BCUT2D eigenvalue weighted by atomic mass is 10.2. The molecule has 1 fully saturated rings. The van der Waals surface area contributed by atoms with Gasteiger partial charge in [-0.15, -0.1) is 0 Å². The molecule has 0 bridgehead atoms. The van der Waals surface area contributed by atoms with Crippen LogP contribution in [0.2, 0.25) is 0 Å². The van der Waals surface area contributed by atoms with Crippen LogP contribution in [0.3, 0.4) is 0 Å². The van der Waals surface area contributed by atoms with E-state index in [1.54, 1.807) is 19.1 Å². The number of nitrogens with one attached hydrogen (secondary N) is 1. The van der Waals surface area contributed by atoms with Crippen LogP contribution in [0, 0.1) is 0 Å². The molecule has 0 spiro atoms. The van der Waals surface area contributed by atoms with Crippen molar-refractivity contribution in [3.8, 4) is 0 Å². The van der Waals surface area contributed by atoms with Crippen LogP contribution in [0.5, 0.6) is 0 Å². The summed E-state index contributed by atoms with van der Waals surface area (Å²) < 4.78 is 0. The van der Waals surface area contributed by atoms with Crippen LogP contribution < -0.4 is 10.2 Å². The molecule has 1 aliphatic heterocycles. The Bertz CT molecular complexity index is 419. The number of amides is 1. The summed E-state index contributed by atoms with van der Waals surface area (Å²) in [5.74, 6) is -0.216. The van der Waals surface area contributed by atoms with Crippen molar-refractivity contribution in [2.75, 3.05) is 4.90 Å². The second-order valence-electron chi connectivity index (χ2n) is 3.68. The number of carbonyl (C=O) groups is 1. The fourth-order valence-electron chi connectivity index (χ4n) is 1.65. The molecule has 1 amide bonds. The highest BCUT2D eigenvalue weighted by Gasteiger charge is 2.38. The molecule has 1 heterocycles. The number of para-hydroxylation sites is 1. The third-order valence-electron chi connectivity index (χ3n) is 2.47. The molecule has 1 aliphatic rings. The second kappa shape index (κ2) is 4.19. The van der Waals surface area contributed by atoms with Crippen LogP contribution >= 0.6 is 12.2 Å². The van der Waals surface area contributed by atoms with E-state index in [0.29, 0.717) is 10.8 Å². The van der Waals surface area contributed by atoms with Crippen molar-refractivity contribution >= 4 is 28.9 Å². The van der Waals surface area contributed by atoms with Gasteiger partial charge in [0.2, 0.25) is 0 Å². The molecular weight excluding hydrogens is 224 g/mol. The molecule has 16 heavy (non-hydrogen) atoms. The van der Waals surface area contributed by atoms with E-state index in [9.17, 15) is 9.90 Å². The minimum absolute atomic E-state index is 0.216. The summed E-state index contributed by atoms with van der Waals surface area (Å²) in [6.45, 7) is 1.56. The molecule has 0 unspecified atom stereocenters. The summed E-state index contributed by atoms with van der Waals surface area (Å²) in [5, 5.41) is 12.6. The van der Waals surface area contributed by atoms with Gasteiger partial charge in [0.1, 0.15) is 6.04 Å². The molecule has 0 radical (unpaired) electrons. The lowest BCUT2D eigenvalue weighted by molar-refractivity contribution is -0.120. The predicted molar refractivity (Wildman–Crippen MR) is 65.1 cm³/mol. The van der Waals surface area contributed by atoms with Crippen LogP contribution in [0.15, 0.2) is 30.3 Å². The average molecular weight is 236 g/mol. The number of rotatable bonds is 2. The number of aliphatic hydroxyl groups excluding tert-OH is 1. The van der Waals surface area contributed by atoms with Gasteiger partial charge in [0.15, 0.2) is 5.11 Å². The van der Waals surface area contributed by atoms with Crippen molar-refractivity contribution in [2.45, 2.75) is 19.1 Å². The Morgan fingerprint density at radius 1 is 1.44 bits per heavy atom. The van der Waals surface area contributed by atoms with Gasteiger partial charge in [-0.3, -0.25) is 9.69 Å². The minimum Gasteiger partial charge on any atom is -0.391 e. The zero-order chi connectivity index (χ0) is 11.7. The van der Waals surface area contributed by atoms with Gasteiger partial charge in [-0.05, 0) is 31.3 Å². The van der Waals surface area contributed by atoms with Crippen molar-refractivity contribution in [3.63, 3.8) is 0 Å². The standard InChI is InChI=1S/C11H12N2O2S/c1-7(14)9-10(15)13(11(16)12-9)8-5-3-2-4-6-8/h2-7,9,14H,1H3,(H,12,16)/t7-,9-/m0/s1. The molecule has 0 aliphatic carbocycles. The van der Waals surface area contributed by atoms with E-state index in [2.05, 4.69) is 5.32 Å². The van der Waals surface area contributed by atoms with Crippen molar-refractivity contribution in [3.05, 3.63) is 30.3 Å². The number of benzene rings is 1. The summed E-state index contributed by atoms with van der Waals surface area (Å²) in [4.78, 5) is 13.4. The first kappa shape index (κ1) is 11.0. The van der Waals surface area contributed by atoms with Gasteiger partial charge in [0.25, 0.3) is 5.91 Å². The molecule has 2 N–H and O–H groups in total. The zero-order valence-electron chi connectivity index (χ0n) is 8.75. The lowest BCUT2D eigenvalue weighted by Crippen LogP contribution is -2.39. The summed E-state index contributed by atoms with van der Waals surface area (Å²) >= 11 is 5.08. The average Bonchev–Trinajstić information content (AvgIpc) is 2.56. The number of anilines is 1. The first-order chi connectivity index (χ1) is 7.61. The van der Waals surface area contributed by atoms with Gasteiger partial charge in [0, 0.05) is 0 Å². The monoisotopic (exact) mass is 236 g/mol. The highest BCUT2D eigenvalue weighted by Crippen LogP contribution is 2.20. The van der Waals surface area contributed by atoms with Crippen LogP contribution in [0.4, 0.5) is 5.69 Å². The largest absolute Gasteiger partial charge is 0.391 e. The fourth-order valence-corrected chi connectivity index (χ4v) is 1.97. The molecule has 2 atom stereocenters. The number of hydrogen-bond acceptors (Lipinski definition) is 3. The molecule has 84 valence electrons. The summed E-state index contributed by atoms with van der Waals surface area (Å²) in [5.41, 5.74) is 0.716. The third-order valence-corrected chi connectivity index (χ3v) is 2.77. The van der Waals surface area contributed by atoms with E-state index in [0.717, 1.165) is 0 Å². The molecule has 1 saturated heterocycles. The smallest absolute Gasteiger partial charge is 0.258 e. The van der Waals surface area contributed by atoms with E-state index in [-0.39, 0.29) is 5.91 Å². The fraction of sp³-hybridized carbons (Fsp3) is 0.273. The number of aliphatic hydroxyl groups is 1. The van der Waals surface area contributed by atoms with Crippen molar-refractivity contribution in [1.29, 1.82) is 0 Å². The minimum atomic E-state index is -0.765. The van der Waals surface area contributed by atoms with Crippen LogP contribution in [-0.4, -0.2) is 28.3 Å². The lowest BCUT2D eigenvalue weighted by Gasteiger charge is -2.15. The van der Waals surface area contributed by atoms with Crippen LogP contribution in [0.1, 0.15) is 6.92 Å². The Balaban J connectivity index is 2.30. The van der Waals surface area contributed by atoms with Crippen molar-refractivity contribution in [2.24, 2.45) is 0 Å². The normalized spacial score (nSPS) is 22.1. The van der Waals surface area contributed by atoms with E-state index >= 15 is 0 Å². The Morgan fingerprint density at radius 2 is 2.06 bits per heavy atom. The SMILES string of the molecule is C[C@H](O)[C@@H]1NC(=S)N(c2ccccc2)C1=O. The first-order valence-corrected chi connectivity index (χ1v) is 5.39. The van der Waals surface area contributed by atoms with E-state index < -0.39 is 12.1 Å². The van der Waals surface area contributed by atoms with E-state index in [1.165, 1.54) is 4.90 Å². The molecule has 5 heteroatoms. The van der Waals surface area contributed by atoms with Crippen LogP contribution in [0.25, 0.3) is 0 Å². The van der Waals surface area contributed by atoms with Crippen molar-refractivity contribution in [1.82, 2.24) is 5.32 Å². The van der Waals surface area contributed by atoms with Crippen LogP contribution in [-0.2, 0) is 4.79 Å². The Kier molecular flexibility index (Phi) is 2.89. The maximum Gasteiger partial charge on any atom is 0.258 e. The molecular formula is C11H12N2O2S. The quantitative estimate of drug-likeness (QED) is 0.741.